The van der Waals surface area contributed by atoms with Crippen LogP contribution in [-0.4, -0.2) is 18.8 Å². The van der Waals surface area contributed by atoms with Crippen molar-refractivity contribution in [3.05, 3.63) is 29.8 Å². The summed E-state index contributed by atoms with van der Waals surface area (Å²) in [5.41, 5.74) is 1.31. The highest BCUT2D eigenvalue weighted by Crippen LogP contribution is 2.19. The molecule has 1 N–H and O–H groups in total. The quantitative estimate of drug-likeness (QED) is 0.619. The van der Waals surface area contributed by atoms with E-state index in [1.165, 1.54) is 10.5 Å². The summed E-state index contributed by atoms with van der Waals surface area (Å²) in [7, 11) is 2.00. The number of hydrogen-bond donors (Lipinski definition) is 1. The Kier molecular flexibility index (Phi) is 6.07. The predicted octanol–water partition coefficient (Wildman–Crippen LogP) is 3.09. The lowest BCUT2D eigenvalue weighted by Crippen LogP contribution is -2.27. The molecule has 16 heavy (non-hydrogen) atoms. The summed E-state index contributed by atoms with van der Waals surface area (Å²) in [6.07, 6.45) is 0.922. The minimum Gasteiger partial charge on any atom is -0.315 e. The van der Waals surface area contributed by atoms with Crippen molar-refractivity contribution in [2.24, 2.45) is 0 Å². The lowest BCUT2D eigenvalue weighted by molar-refractivity contribution is 0.637. The van der Waals surface area contributed by atoms with Crippen LogP contribution in [0.2, 0.25) is 0 Å². The number of hydrogen-bond acceptors (Lipinski definition) is 2. The first-order chi connectivity index (χ1) is 7.76. The zero-order valence-corrected chi connectivity index (χ0v) is 11.0. The molecule has 0 aliphatic rings. The maximum absolute atomic E-state index is 3.30. The lowest BCUT2D eigenvalue weighted by atomic mass is 10.2. The third kappa shape index (κ3) is 4.74. The largest absolute Gasteiger partial charge is 0.315 e. The van der Waals surface area contributed by atoms with Crippen molar-refractivity contribution in [1.29, 1.82) is 0 Å². The van der Waals surface area contributed by atoms with E-state index < -0.39 is 0 Å². The van der Waals surface area contributed by atoms with Gasteiger partial charge in [-0.15, -0.1) is 23.6 Å². The van der Waals surface area contributed by atoms with Gasteiger partial charge in [0.15, 0.2) is 0 Å². The van der Waals surface area contributed by atoms with Crippen molar-refractivity contribution in [1.82, 2.24) is 5.32 Å². The zero-order chi connectivity index (χ0) is 11.8. The van der Waals surface area contributed by atoms with E-state index in [2.05, 4.69) is 48.3 Å². The number of aryl methyl sites for hydroxylation is 1. The molecule has 0 aliphatic carbocycles. The van der Waals surface area contributed by atoms with Gasteiger partial charge in [-0.25, -0.2) is 0 Å². The summed E-state index contributed by atoms with van der Waals surface area (Å²) in [5.74, 6) is 7.12. The fourth-order valence-electron chi connectivity index (χ4n) is 1.30. The van der Waals surface area contributed by atoms with E-state index in [0.29, 0.717) is 6.04 Å². The lowest BCUT2D eigenvalue weighted by Gasteiger charge is -2.12. The van der Waals surface area contributed by atoms with Crippen LogP contribution in [0.4, 0.5) is 0 Å². The Morgan fingerprint density at radius 2 is 2.00 bits per heavy atom. The Morgan fingerprint density at radius 3 is 2.56 bits per heavy atom. The van der Waals surface area contributed by atoms with Gasteiger partial charge in [0.1, 0.15) is 0 Å². The van der Waals surface area contributed by atoms with Crippen LogP contribution in [-0.2, 0) is 0 Å². The molecule has 1 unspecified atom stereocenters. The molecule has 2 heteroatoms. The maximum Gasteiger partial charge on any atom is 0.0268 e. The van der Waals surface area contributed by atoms with Crippen LogP contribution in [0.3, 0.4) is 0 Å². The first kappa shape index (κ1) is 13.2. The standard InChI is InChI=1S/C14H19NS/c1-4-5-6-13(15-3)11-16-14-9-7-12(2)8-10-14/h7-10,13,15H,6,11H2,1-3H3. The van der Waals surface area contributed by atoms with Gasteiger partial charge in [0.2, 0.25) is 0 Å². The summed E-state index contributed by atoms with van der Waals surface area (Å²) < 4.78 is 0. The van der Waals surface area contributed by atoms with Crippen molar-refractivity contribution in [2.45, 2.75) is 31.2 Å². The molecule has 0 bridgehead atoms. The molecule has 1 nitrogen and oxygen atoms in total. The summed E-state index contributed by atoms with van der Waals surface area (Å²) >= 11 is 1.88. The van der Waals surface area contributed by atoms with E-state index in [4.69, 9.17) is 0 Å². The second-order valence-electron chi connectivity index (χ2n) is 3.74. The molecule has 0 spiro atoms. The zero-order valence-electron chi connectivity index (χ0n) is 10.2. The van der Waals surface area contributed by atoms with E-state index in [-0.39, 0.29) is 0 Å². The second-order valence-corrected chi connectivity index (χ2v) is 4.83. The third-order valence-electron chi connectivity index (χ3n) is 2.41. The Labute approximate surface area is 103 Å². The molecule has 0 aliphatic heterocycles. The molecular weight excluding hydrogens is 214 g/mol. The second kappa shape index (κ2) is 7.38. The van der Waals surface area contributed by atoms with Crippen LogP contribution in [0.15, 0.2) is 29.2 Å². The van der Waals surface area contributed by atoms with Crippen molar-refractivity contribution < 1.29 is 0 Å². The smallest absolute Gasteiger partial charge is 0.0268 e. The summed E-state index contributed by atoms with van der Waals surface area (Å²) in [6, 6.07) is 9.14. The Morgan fingerprint density at radius 1 is 1.31 bits per heavy atom. The maximum atomic E-state index is 3.30. The van der Waals surface area contributed by atoms with Gasteiger partial charge in [0.05, 0.1) is 0 Å². The van der Waals surface area contributed by atoms with Gasteiger partial charge in [0.25, 0.3) is 0 Å². The minimum atomic E-state index is 0.471. The average molecular weight is 233 g/mol. The Balaban J connectivity index is 2.41. The normalized spacial score (nSPS) is 11.7. The van der Waals surface area contributed by atoms with Gasteiger partial charge >= 0.3 is 0 Å². The first-order valence-corrected chi connectivity index (χ1v) is 6.51. The minimum absolute atomic E-state index is 0.471. The fourth-order valence-corrected chi connectivity index (χ4v) is 2.31. The molecule has 0 heterocycles. The Hall–Kier alpha value is -0.910. The number of rotatable bonds is 5. The van der Waals surface area contributed by atoms with Gasteiger partial charge in [0, 0.05) is 23.1 Å². The molecule has 0 saturated carbocycles. The van der Waals surface area contributed by atoms with E-state index in [9.17, 15) is 0 Å². The van der Waals surface area contributed by atoms with E-state index >= 15 is 0 Å². The fraction of sp³-hybridized carbons (Fsp3) is 0.429. The van der Waals surface area contributed by atoms with Crippen molar-refractivity contribution in [3.63, 3.8) is 0 Å². The molecule has 1 aromatic rings. The van der Waals surface area contributed by atoms with Crippen LogP contribution in [0.1, 0.15) is 18.9 Å². The van der Waals surface area contributed by atoms with Crippen molar-refractivity contribution >= 4 is 11.8 Å². The Bertz CT molecular complexity index is 359. The molecule has 1 atom stereocenters. The van der Waals surface area contributed by atoms with Crippen LogP contribution in [0, 0.1) is 18.8 Å². The molecule has 0 amide bonds. The number of nitrogens with one attached hydrogen (secondary N) is 1. The van der Waals surface area contributed by atoms with Gasteiger partial charge in [-0.1, -0.05) is 17.7 Å². The molecule has 86 valence electrons. The van der Waals surface area contributed by atoms with Crippen LogP contribution in [0.5, 0.6) is 0 Å². The van der Waals surface area contributed by atoms with Crippen LogP contribution in [0.25, 0.3) is 0 Å². The van der Waals surface area contributed by atoms with Gasteiger partial charge in [-0.3, -0.25) is 0 Å². The summed E-state index contributed by atoms with van der Waals surface area (Å²) in [4.78, 5) is 1.33. The molecule has 1 aromatic carbocycles. The topological polar surface area (TPSA) is 12.0 Å². The third-order valence-corrected chi connectivity index (χ3v) is 3.58. The number of thioether (sulfide) groups is 1. The van der Waals surface area contributed by atoms with E-state index in [0.717, 1.165) is 12.2 Å². The molecule has 0 aromatic heterocycles. The average Bonchev–Trinajstić information content (AvgIpc) is 2.32. The van der Waals surface area contributed by atoms with Gasteiger partial charge < -0.3 is 5.32 Å². The molecule has 0 fully saturated rings. The van der Waals surface area contributed by atoms with Gasteiger partial charge in [-0.2, -0.15) is 0 Å². The SMILES string of the molecule is CC#CCC(CSc1ccc(C)cc1)NC. The van der Waals surface area contributed by atoms with Crippen LogP contribution < -0.4 is 5.32 Å². The molecule has 0 radical (unpaired) electrons. The predicted molar refractivity (Wildman–Crippen MR) is 72.8 cm³/mol. The van der Waals surface area contributed by atoms with E-state index in [1.54, 1.807) is 0 Å². The highest BCUT2D eigenvalue weighted by atomic mass is 32.2. The van der Waals surface area contributed by atoms with Gasteiger partial charge in [-0.05, 0) is 33.0 Å². The highest BCUT2D eigenvalue weighted by molar-refractivity contribution is 7.99. The number of benzene rings is 1. The first-order valence-electron chi connectivity index (χ1n) is 5.52. The summed E-state index contributed by atoms with van der Waals surface area (Å²) in [5, 5.41) is 3.30. The molecular formula is C14H19NS. The molecule has 1 rings (SSSR count). The van der Waals surface area contributed by atoms with Crippen molar-refractivity contribution in [3.8, 4) is 11.8 Å². The highest BCUT2D eigenvalue weighted by Gasteiger charge is 2.04. The summed E-state index contributed by atoms with van der Waals surface area (Å²) in [6.45, 7) is 4.00. The molecule has 0 saturated heterocycles. The van der Waals surface area contributed by atoms with E-state index in [1.807, 2.05) is 25.7 Å². The monoisotopic (exact) mass is 233 g/mol. The van der Waals surface area contributed by atoms with Crippen LogP contribution >= 0.6 is 11.8 Å². The van der Waals surface area contributed by atoms with Crippen molar-refractivity contribution in [2.75, 3.05) is 12.8 Å².